The molecule has 4 rings (SSSR count). The number of piperidine rings is 1. The van der Waals surface area contributed by atoms with Gasteiger partial charge < -0.3 is 10.2 Å². The Hall–Kier alpha value is -3.43. The lowest BCUT2D eigenvalue weighted by molar-refractivity contribution is -0.120. The molecule has 28 heavy (non-hydrogen) atoms. The van der Waals surface area contributed by atoms with E-state index in [1.807, 2.05) is 6.07 Å². The van der Waals surface area contributed by atoms with Crippen LogP contribution in [0.4, 0.5) is 20.3 Å². The quantitative estimate of drug-likeness (QED) is 0.741. The Kier molecular flexibility index (Phi) is 4.92. The normalized spacial score (nSPS) is 14.9. The molecule has 1 saturated heterocycles. The van der Waals surface area contributed by atoms with Crippen molar-refractivity contribution in [3.8, 4) is 5.82 Å². The summed E-state index contributed by atoms with van der Waals surface area (Å²) in [4.78, 5) is 26.9. The summed E-state index contributed by atoms with van der Waals surface area (Å²) in [6.07, 6.45) is 5.70. The van der Waals surface area contributed by atoms with Crippen LogP contribution < -0.4 is 10.2 Å². The van der Waals surface area contributed by atoms with Gasteiger partial charge in [-0.15, -0.1) is 0 Å². The van der Waals surface area contributed by atoms with E-state index in [-0.39, 0.29) is 17.5 Å². The first-order chi connectivity index (χ1) is 13.6. The minimum absolute atomic E-state index is 0.198. The van der Waals surface area contributed by atoms with Crippen LogP contribution in [0.5, 0.6) is 0 Å². The first-order valence-electron chi connectivity index (χ1n) is 8.78. The summed E-state index contributed by atoms with van der Waals surface area (Å²) in [5, 5.41) is 6.71. The smallest absolute Gasteiger partial charge is 0.227 e. The highest BCUT2D eigenvalue weighted by Crippen LogP contribution is 2.24. The summed E-state index contributed by atoms with van der Waals surface area (Å²) in [5.74, 6) is -0.973. The van der Waals surface area contributed by atoms with E-state index in [0.29, 0.717) is 31.7 Å². The predicted molar refractivity (Wildman–Crippen MR) is 96.9 cm³/mol. The molecular formula is C18H17F2N7O. The number of hydrogen-bond acceptors (Lipinski definition) is 6. The topological polar surface area (TPSA) is 88.8 Å². The number of aromatic nitrogens is 5. The lowest BCUT2D eigenvalue weighted by Gasteiger charge is -2.32. The van der Waals surface area contributed by atoms with Gasteiger partial charge >= 0.3 is 0 Å². The highest BCUT2D eigenvalue weighted by Gasteiger charge is 2.26. The SMILES string of the molecule is O=C(Nc1ccc(F)c(F)c1)C1CCN(c2cc(-n3cncn3)ncn2)CC1. The Bertz CT molecular complexity index is 972. The first-order valence-corrected chi connectivity index (χ1v) is 8.78. The second kappa shape index (κ2) is 7.67. The van der Waals surface area contributed by atoms with E-state index in [9.17, 15) is 13.6 Å². The van der Waals surface area contributed by atoms with Crippen molar-refractivity contribution in [3.63, 3.8) is 0 Å². The van der Waals surface area contributed by atoms with Crippen LogP contribution in [-0.2, 0) is 4.79 Å². The molecule has 0 atom stereocenters. The molecule has 2 aromatic heterocycles. The molecule has 1 aliphatic heterocycles. The van der Waals surface area contributed by atoms with Gasteiger partial charge in [0.15, 0.2) is 17.5 Å². The maximum absolute atomic E-state index is 13.3. The van der Waals surface area contributed by atoms with E-state index in [4.69, 9.17) is 0 Å². The molecule has 1 fully saturated rings. The number of benzene rings is 1. The van der Waals surface area contributed by atoms with Gasteiger partial charge in [0.25, 0.3) is 0 Å². The number of anilines is 2. The monoisotopic (exact) mass is 385 g/mol. The van der Waals surface area contributed by atoms with Crippen LogP contribution in [0.15, 0.2) is 43.2 Å². The number of carbonyl (C=O) groups is 1. The maximum Gasteiger partial charge on any atom is 0.227 e. The fourth-order valence-electron chi connectivity index (χ4n) is 3.15. The molecule has 0 radical (unpaired) electrons. The number of halogens is 2. The second-order valence-corrected chi connectivity index (χ2v) is 6.45. The molecule has 0 saturated carbocycles. The first kappa shape index (κ1) is 18.0. The lowest BCUT2D eigenvalue weighted by Crippen LogP contribution is -2.38. The van der Waals surface area contributed by atoms with Gasteiger partial charge in [0.05, 0.1) is 0 Å². The molecule has 3 aromatic rings. The van der Waals surface area contributed by atoms with Crippen LogP contribution in [0.1, 0.15) is 12.8 Å². The molecule has 1 aromatic carbocycles. The summed E-state index contributed by atoms with van der Waals surface area (Å²) in [5.41, 5.74) is 0.250. The Morgan fingerprint density at radius 3 is 2.54 bits per heavy atom. The third-order valence-corrected chi connectivity index (χ3v) is 4.67. The van der Waals surface area contributed by atoms with Gasteiger partial charge in [0.2, 0.25) is 5.91 Å². The summed E-state index contributed by atoms with van der Waals surface area (Å²) >= 11 is 0. The van der Waals surface area contributed by atoms with Crippen LogP contribution in [-0.4, -0.2) is 43.7 Å². The molecule has 1 aliphatic rings. The molecule has 144 valence electrons. The van der Waals surface area contributed by atoms with Gasteiger partial charge in [0, 0.05) is 36.8 Å². The average Bonchev–Trinajstić information content (AvgIpc) is 3.26. The minimum Gasteiger partial charge on any atom is -0.356 e. The van der Waals surface area contributed by atoms with Crippen molar-refractivity contribution in [1.82, 2.24) is 24.7 Å². The summed E-state index contributed by atoms with van der Waals surface area (Å²) in [6, 6.07) is 5.14. The minimum atomic E-state index is -0.987. The van der Waals surface area contributed by atoms with Gasteiger partial charge in [-0.25, -0.2) is 28.4 Å². The third kappa shape index (κ3) is 3.80. The molecule has 1 N–H and O–H groups in total. The zero-order valence-corrected chi connectivity index (χ0v) is 14.8. The molecule has 0 aliphatic carbocycles. The Labute approximate surface area is 159 Å². The van der Waals surface area contributed by atoms with E-state index >= 15 is 0 Å². The average molecular weight is 385 g/mol. The van der Waals surface area contributed by atoms with Crippen LogP contribution in [0, 0.1) is 17.6 Å². The number of hydrogen-bond donors (Lipinski definition) is 1. The Balaban J connectivity index is 1.37. The molecule has 3 heterocycles. The van der Waals surface area contributed by atoms with Crippen molar-refractivity contribution in [2.75, 3.05) is 23.3 Å². The summed E-state index contributed by atoms with van der Waals surface area (Å²) in [7, 11) is 0. The maximum atomic E-state index is 13.3. The van der Waals surface area contributed by atoms with Gasteiger partial charge in [-0.2, -0.15) is 5.10 Å². The molecular weight excluding hydrogens is 368 g/mol. The summed E-state index contributed by atoms with van der Waals surface area (Å²) < 4.78 is 27.8. The van der Waals surface area contributed by atoms with Gasteiger partial charge in [0.1, 0.15) is 24.8 Å². The molecule has 10 heteroatoms. The standard InChI is InChI=1S/C18H17F2N7O/c19-14-2-1-13(7-15(14)20)25-18(28)12-3-5-26(6-4-12)16-8-17(23-10-22-16)27-11-21-9-24-27/h1-2,7-12H,3-6H2,(H,25,28). The van der Waals surface area contributed by atoms with Crippen molar-refractivity contribution in [2.45, 2.75) is 12.8 Å². The van der Waals surface area contributed by atoms with Crippen molar-refractivity contribution < 1.29 is 13.6 Å². The van der Waals surface area contributed by atoms with Crippen molar-refractivity contribution >= 4 is 17.4 Å². The molecule has 0 unspecified atom stereocenters. The van der Waals surface area contributed by atoms with E-state index < -0.39 is 11.6 Å². The molecule has 1 amide bonds. The number of rotatable bonds is 4. The van der Waals surface area contributed by atoms with Gasteiger partial charge in [-0.05, 0) is 25.0 Å². The van der Waals surface area contributed by atoms with Gasteiger partial charge in [-0.3, -0.25) is 4.79 Å². The number of amides is 1. The van der Waals surface area contributed by atoms with E-state index in [2.05, 4.69) is 30.3 Å². The summed E-state index contributed by atoms with van der Waals surface area (Å²) in [6.45, 7) is 1.29. The van der Waals surface area contributed by atoms with Gasteiger partial charge in [-0.1, -0.05) is 0 Å². The largest absolute Gasteiger partial charge is 0.356 e. The fourth-order valence-corrected chi connectivity index (χ4v) is 3.15. The zero-order valence-electron chi connectivity index (χ0n) is 14.8. The van der Waals surface area contributed by atoms with Crippen LogP contribution in [0.2, 0.25) is 0 Å². The zero-order chi connectivity index (χ0) is 19.5. The van der Waals surface area contributed by atoms with Crippen LogP contribution in [0.25, 0.3) is 5.82 Å². The van der Waals surface area contributed by atoms with Crippen LogP contribution >= 0.6 is 0 Å². The van der Waals surface area contributed by atoms with E-state index in [0.717, 1.165) is 18.0 Å². The number of nitrogens with one attached hydrogen (secondary N) is 1. The Morgan fingerprint density at radius 1 is 1.04 bits per heavy atom. The highest BCUT2D eigenvalue weighted by molar-refractivity contribution is 5.92. The molecule has 8 nitrogen and oxygen atoms in total. The van der Waals surface area contributed by atoms with Crippen LogP contribution in [0.3, 0.4) is 0 Å². The predicted octanol–water partition coefficient (Wildman–Crippen LogP) is 2.19. The lowest BCUT2D eigenvalue weighted by atomic mass is 9.96. The number of carbonyl (C=O) groups excluding carboxylic acids is 1. The fraction of sp³-hybridized carbons (Fsp3) is 0.278. The second-order valence-electron chi connectivity index (χ2n) is 6.45. The molecule has 0 bridgehead atoms. The van der Waals surface area contributed by atoms with E-state index in [1.165, 1.54) is 18.7 Å². The van der Waals surface area contributed by atoms with Crippen molar-refractivity contribution in [3.05, 3.63) is 54.9 Å². The highest BCUT2D eigenvalue weighted by atomic mass is 19.2. The van der Waals surface area contributed by atoms with Crippen molar-refractivity contribution in [2.24, 2.45) is 5.92 Å². The number of nitrogens with zero attached hydrogens (tertiary/aromatic N) is 6. The van der Waals surface area contributed by atoms with Crippen molar-refractivity contribution in [1.29, 1.82) is 0 Å². The molecule has 0 spiro atoms. The van der Waals surface area contributed by atoms with E-state index in [1.54, 1.807) is 11.0 Å². The Morgan fingerprint density at radius 2 is 1.82 bits per heavy atom. The third-order valence-electron chi connectivity index (χ3n) is 4.67.